The standard InChI is InChI=1S/C12H12N2O5S/c1-2-18-12(15)9-6-7-11(19-9)20(16,17)14-10-5-3-4-8-13-10/h3-8H,2H2,1H3,(H,13,14). The number of hydrogen-bond acceptors (Lipinski definition) is 6. The van der Waals surface area contributed by atoms with Gasteiger partial charge in [-0.25, -0.2) is 9.78 Å². The molecule has 8 heteroatoms. The Hall–Kier alpha value is -2.35. The Kier molecular flexibility index (Phi) is 4.04. The fraction of sp³-hybridized carbons (Fsp3) is 0.167. The molecule has 2 aromatic rings. The zero-order valence-electron chi connectivity index (χ0n) is 10.6. The van der Waals surface area contributed by atoms with Crippen LogP contribution in [0.1, 0.15) is 17.5 Å². The van der Waals surface area contributed by atoms with E-state index in [9.17, 15) is 13.2 Å². The van der Waals surface area contributed by atoms with Crippen molar-refractivity contribution in [1.29, 1.82) is 0 Å². The molecule has 0 unspecified atom stereocenters. The molecule has 20 heavy (non-hydrogen) atoms. The molecule has 0 atom stereocenters. The molecule has 0 aromatic carbocycles. The van der Waals surface area contributed by atoms with E-state index in [0.29, 0.717) is 0 Å². The summed E-state index contributed by atoms with van der Waals surface area (Å²) in [5, 5.41) is -0.383. The fourth-order valence-electron chi connectivity index (χ4n) is 1.39. The van der Waals surface area contributed by atoms with E-state index in [0.717, 1.165) is 0 Å². The van der Waals surface area contributed by atoms with Crippen molar-refractivity contribution in [1.82, 2.24) is 4.98 Å². The smallest absolute Gasteiger partial charge is 0.374 e. The molecule has 2 aromatic heterocycles. The number of aromatic nitrogens is 1. The van der Waals surface area contributed by atoms with Gasteiger partial charge in [-0.15, -0.1) is 0 Å². The number of hydrogen-bond donors (Lipinski definition) is 1. The van der Waals surface area contributed by atoms with Gasteiger partial charge in [0.25, 0.3) is 10.0 Å². The van der Waals surface area contributed by atoms with Gasteiger partial charge in [0.1, 0.15) is 5.82 Å². The molecule has 106 valence electrons. The van der Waals surface area contributed by atoms with Crippen LogP contribution in [0.15, 0.2) is 46.0 Å². The van der Waals surface area contributed by atoms with Crippen LogP contribution in [0.2, 0.25) is 0 Å². The van der Waals surface area contributed by atoms with E-state index in [4.69, 9.17) is 9.15 Å². The molecule has 2 rings (SSSR count). The van der Waals surface area contributed by atoms with E-state index in [1.54, 1.807) is 19.1 Å². The lowest BCUT2D eigenvalue weighted by Gasteiger charge is -2.03. The van der Waals surface area contributed by atoms with Crippen LogP contribution in [0, 0.1) is 0 Å². The van der Waals surface area contributed by atoms with Crippen molar-refractivity contribution in [2.45, 2.75) is 12.0 Å². The molecule has 1 N–H and O–H groups in total. The summed E-state index contributed by atoms with van der Waals surface area (Å²) in [6, 6.07) is 7.20. The van der Waals surface area contributed by atoms with Gasteiger partial charge in [-0.1, -0.05) is 6.07 Å². The second-order valence-electron chi connectivity index (χ2n) is 3.66. The molecule has 0 radical (unpaired) electrons. The van der Waals surface area contributed by atoms with Crippen LogP contribution in [0.3, 0.4) is 0 Å². The lowest BCUT2D eigenvalue weighted by molar-refractivity contribution is 0.0484. The lowest BCUT2D eigenvalue weighted by Crippen LogP contribution is -2.13. The van der Waals surface area contributed by atoms with Crippen molar-refractivity contribution in [3.05, 3.63) is 42.3 Å². The highest BCUT2D eigenvalue weighted by Gasteiger charge is 2.22. The summed E-state index contributed by atoms with van der Waals surface area (Å²) in [6.45, 7) is 1.81. The summed E-state index contributed by atoms with van der Waals surface area (Å²) in [7, 11) is -3.93. The minimum atomic E-state index is -3.93. The van der Waals surface area contributed by atoms with Crippen molar-refractivity contribution in [3.63, 3.8) is 0 Å². The molecule has 0 saturated heterocycles. The highest BCUT2D eigenvalue weighted by atomic mass is 32.2. The average Bonchev–Trinajstić information content (AvgIpc) is 2.90. The Balaban J connectivity index is 2.20. The molecule has 7 nitrogen and oxygen atoms in total. The Morgan fingerprint density at radius 2 is 2.15 bits per heavy atom. The number of nitrogens with zero attached hydrogens (tertiary/aromatic N) is 1. The second kappa shape index (κ2) is 5.74. The molecular weight excluding hydrogens is 284 g/mol. The van der Waals surface area contributed by atoms with Gasteiger partial charge < -0.3 is 9.15 Å². The Labute approximate surface area is 115 Å². The minimum Gasteiger partial charge on any atom is -0.460 e. The monoisotopic (exact) mass is 296 g/mol. The summed E-state index contributed by atoms with van der Waals surface area (Å²) < 4.78 is 35.9. The third-order valence-corrected chi connectivity index (χ3v) is 3.45. The van der Waals surface area contributed by atoms with Crippen LogP contribution < -0.4 is 4.72 Å². The number of carbonyl (C=O) groups excluding carboxylic acids is 1. The summed E-state index contributed by atoms with van der Waals surface area (Å²) in [4.78, 5) is 15.2. The molecule has 0 aliphatic rings. The van der Waals surface area contributed by atoms with Gasteiger partial charge in [0.05, 0.1) is 6.61 Å². The zero-order chi connectivity index (χ0) is 14.6. The third-order valence-electron chi connectivity index (χ3n) is 2.23. The van der Waals surface area contributed by atoms with Crippen molar-refractivity contribution < 1.29 is 22.4 Å². The van der Waals surface area contributed by atoms with Crippen molar-refractivity contribution in [3.8, 4) is 0 Å². The van der Waals surface area contributed by atoms with E-state index >= 15 is 0 Å². The molecule has 0 amide bonds. The van der Waals surface area contributed by atoms with Gasteiger partial charge in [0.2, 0.25) is 10.9 Å². The molecule has 2 heterocycles. The van der Waals surface area contributed by atoms with E-state index in [2.05, 4.69) is 9.71 Å². The van der Waals surface area contributed by atoms with E-state index < -0.39 is 16.0 Å². The zero-order valence-corrected chi connectivity index (χ0v) is 11.4. The van der Waals surface area contributed by atoms with E-state index in [1.807, 2.05) is 0 Å². The number of nitrogens with one attached hydrogen (secondary N) is 1. The quantitative estimate of drug-likeness (QED) is 0.842. The van der Waals surface area contributed by atoms with Gasteiger partial charge in [0, 0.05) is 6.20 Å². The Morgan fingerprint density at radius 1 is 1.35 bits per heavy atom. The van der Waals surface area contributed by atoms with Crippen LogP contribution in [0.4, 0.5) is 5.82 Å². The number of sulfonamides is 1. The number of ether oxygens (including phenoxy) is 1. The molecule has 0 spiro atoms. The van der Waals surface area contributed by atoms with Crippen LogP contribution in [0.5, 0.6) is 0 Å². The number of pyridine rings is 1. The highest BCUT2D eigenvalue weighted by molar-refractivity contribution is 7.92. The maximum atomic E-state index is 12.0. The first kappa shape index (κ1) is 14.1. The normalized spacial score (nSPS) is 11.1. The van der Waals surface area contributed by atoms with E-state index in [-0.39, 0.29) is 23.3 Å². The predicted molar refractivity (Wildman–Crippen MR) is 69.7 cm³/mol. The number of carbonyl (C=O) groups is 1. The average molecular weight is 296 g/mol. The summed E-state index contributed by atoms with van der Waals surface area (Å²) in [6.07, 6.45) is 1.45. The summed E-state index contributed by atoms with van der Waals surface area (Å²) >= 11 is 0. The van der Waals surface area contributed by atoms with Gasteiger partial charge in [-0.2, -0.15) is 8.42 Å². The molecule has 0 aliphatic carbocycles. The maximum Gasteiger partial charge on any atom is 0.374 e. The van der Waals surface area contributed by atoms with Crippen LogP contribution in [0.25, 0.3) is 0 Å². The van der Waals surface area contributed by atoms with Crippen molar-refractivity contribution >= 4 is 21.8 Å². The number of anilines is 1. The number of esters is 1. The van der Waals surface area contributed by atoms with Gasteiger partial charge >= 0.3 is 5.97 Å². The summed E-state index contributed by atoms with van der Waals surface area (Å²) in [5.41, 5.74) is 0. The van der Waals surface area contributed by atoms with Gasteiger partial charge in [-0.05, 0) is 31.2 Å². The topological polar surface area (TPSA) is 98.5 Å². The Morgan fingerprint density at radius 3 is 2.80 bits per heavy atom. The minimum absolute atomic E-state index is 0.154. The van der Waals surface area contributed by atoms with Crippen LogP contribution in [-0.2, 0) is 14.8 Å². The molecule has 0 fully saturated rings. The molecule has 0 bridgehead atoms. The molecular formula is C12H12N2O5S. The SMILES string of the molecule is CCOC(=O)c1ccc(S(=O)(=O)Nc2ccccn2)o1. The first-order chi connectivity index (χ1) is 9.53. The highest BCUT2D eigenvalue weighted by Crippen LogP contribution is 2.17. The number of furan rings is 1. The number of rotatable bonds is 5. The van der Waals surface area contributed by atoms with Crippen molar-refractivity contribution in [2.75, 3.05) is 11.3 Å². The largest absolute Gasteiger partial charge is 0.460 e. The molecule has 0 saturated carbocycles. The maximum absolute atomic E-state index is 12.0. The van der Waals surface area contributed by atoms with Crippen LogP contribution >= 0.6 is 0 Å². The van der Waals surface area contributed by atoms with E-state index in [1.165, 1.54) is 24.4 Å². The van der Waals surface area contributed by atoms with Crippen LogP contribution in [-0.4, -0.2) is 26.0 Å². The van der Waals surface area contributed by atoms with Gasteiger partial charge in [0.15, 0.2) is 0 Å². The summed E-state index contributed by atoms with van der Waals surface area (Å²) in [5.74, 6) is -0.735. The Bertz CT molecular complexity index is 694. The third kappa shape index (κ3) is 3.15. The second-order valence-corrected chi connectivity index (χ2v) is 5.27. The van der Waals surface area contributed by atoms with Crippen molar-refractivity contribution in [2.24, 2.45) is 0 Å². The first-order valence-electron chi connectivity index (χ1n) is 5.74. The van der Waals surface area contributed by atoms with Gasteiger partial charge in [-0.3, -0.25) is 4.72 Å². The fourth-order valence-corrected chi connectivity index (χ4v) is 2.33. The predicted octanol–water partition coefficient (Wildman–Crippen LogP) is 1.65. The lowest BCUT2D eigenvalue weighted by atomic mass is 10.5. The molecule has 0 aliphatic heterocycles. The first-order valence-corrected chi connectivity index (χ1v) is 7.22.